The predicted octanol–water partition coefficient (Wildman–Crippen LogP) is 4.58. The number of amides is 2. The number of alkyl halides is 2. The second-order valence-corrected chi connectivity index (χ2v) is 9.55. The highest BCUT2D eigenvalue weighted by atomic mass is 19.3. The van der Waals surface area contributed by atoms with E-state index < -0.39 is 12.2 Å². The van der Waals surface area contributed by atoms with Gasteiger partial charge in [0.05, 0.1) is 17.4 Å². The Hall–Kier alpha value is -4.35. The van der Waals surface area contributed by atoms with Crippen LogP contribution >= 0.6 is 0 Å². The lowest BCUT2D eigenvalue weighted by Crippen LogP contribution is -2.51. The number of hydrogen-bond donors (Lipinski definition) is 1. The van der Waals surface area contributed by atoms with Crippen molar-refractivity contribution in [2.45, 2.75) is 33.0 Å². The molecule has 12 heteroatoms. The summed E-state index contributed by atoms with van der Waals surface area (Å²) >= 11 is 0. The molecule has 0 radical (unpaired) electrons. The number of carbonyl (C=O) groups excluding carboxylic acids is 2. The highest BCUT2D eigenvalue weighted by molar-refractivity contribution is 5.95. The van der Waals surface area contributed by atoms with Gasteiger partial charge < -0.3 is 24.6 Å². The molecule has 2 amide bonds. The number of anilines is 2. The molecule has 1 N–H and O–H groups in total. The molecule has 1 fully saturated rings. The second-order valence-electron chi connectivity index (χ2n) is 9.55. The Kier molecular flexibility index (Phi) is 7.99. The number of benzene rings is 1. The summed E-state index contributed by atoms with van der Waals surface area (Å²) in [6.45, 7) is 4.09. The van der Waals surface area contributed by atoms with Gasteiger partial charge in [0, 0.05) is 50.3 Å². The third-order valence-corrected chi connectivity index (χ3v) is 5.52. The van der Waals surface area contributed by atoms with E-state index in [1.807, 2.05) is 20.8 Å². The number of rotatable bonds is 6. The number of nitrogens with one attached hydrogen (secondary N) is 1. The first-order valence-corrected chi connectivity index (χ1v) is 11.9. The van der Waals surface area contributed by atoms with E-state index in [2.05, 4.69) is 25.0 Å². The summed E-state index contributed by atoms with van der Waals surface area (Å²) in [5, 5.41) is 3.03. The van der Waals surface area contributed by atoms with E-state index in [4.69, 9.17) is 4.74 Å². The fourth-order valence-corrected chi connectivity index (χ4v) is 3.73. The molecule has 3 aromatic rings. The fourth-order valence-electron chi connectivity index (χ4n) is 3.73. The summed E-state index contributed by atoms with van der Waals surface area (Å²) in [5.74, 6) is 0.166. The molecule has 1 aliphatic rings. The van der Waals surface area contributed by atoms with Gasteiger partial charge in [-0.1, -0.05) is 12.1 Å². The van der Waals surface area contributed by atoms with Crippen LogP contribution in [0, 0.1) is 0 Å². The second kappa shape index (κ2) is 11.4. The van der Waals surface area contributed by atoms with Crippen molar-refractivity contribution in [1.29, 1.82) is 0 Å². The topological polar surface area (TPSA) is 110 Å². The van der Waals surface area contributed by atoms with Crippen molar-refractivity contribution >= 4 is 23.6 Å². The quantitative estimate of drug-likeness (QED) is 0.497. The molecule has 0 saturated carbocycles. The molecular weight excluding hydrogens is 498 g/mol. The number of piperazine rings is 1. The zero-order valence-electron chi connectivity index (χ0n) is 21.2. The average Bonchev–Trinajstić information content (AvgIpc) is 2.88. The first kappa shape index (κ1) is 26.7. The van der Waals surface area contributed by atoms with E-state index in [-0.39, 0.29) is 17.7 Å². The Balaban J connectivity index is 1.35. The first-order valence-electron chi connectivity index (χ1n) is 11.9. The van der Waals surface area contributed by atoms with Gasteiger partial charge in [0.1, 0.15) is 11.4 Å². The molecule has 10 nitrogen and oxygen atoms in total. The summed E-state index contributed by atoms with van der Waals surface area (Å²) in [6.07, 6.45) is 5.83. The van der Waals surface area contributed by atoms with Crippen molar-refractivity contribution in [3.63, 3.8) is 0 Å². The molecule has 1 aromatic carbocycles. The van der Waals surface area contributed by atoms with Crippen LogP contribution in [0.1, 0.15) is 31.1 Å². The largest absolute Gasteiger partial charge is 0.444 e. The van der Waals surface area contributed by atoms with Gasteiger partial charge in [0.2, 0.25) is 5.95 Å². The van der Waals surface area contributed by atoms with Crippen LogP contribution in [0.4, 0.5) is 25.2 Å². The van der Waals surface area contributed by atoms with E-state index in [1.54, 1.807) is 46.6 Å². The lowest BCUT2D eigenvalue weighted by Gasteiger charge is -2.35. The van der Waals surface area contributed by atoms with E-state index in [1.165, 1.54) is 18.3 Å². The molecule has 3 heterocycles. The van der Waals surface area contributed by atoms with Gasteiger partial charge in [-0.05, 0) is 44.5 Å². The van der Waals surface area contributed by atoms with E-state index >= 15 is 0 Å². The normalized spacial score (nSPS) is 13.8. The van der Waals surface area contributed by atoms with Crippen LogP contribution in [-0.2, 0) is 4.74 Å². The maximum absolute atomic E-state index is 13.0. The van der Waals surface area contributed by atoms with Crippen LogP contribution in [0.3, 0.4) is 0 Å². The molecule has 0 aliphatic carbocycles. The summed E-state index contributed by atoms with van der Waals surface area (Å²) < 4.78 is 34.4. The van der Waals surface area contributed by atoms with Gasteiger partial charge in [0.15, 0.2) is 0 Å². The number of ether oxygens (including phenoxy) is 2. The fraction of sp³-hybridized carbons (Fsp3) is 0.346. The van der Waals surface area contributed by atoms with Gasteiger partial charge in [-0.15, -0.1) is 0 Å². The maximum Gasteiger partial charge on any atom is 0.410 e. The van der Waals surface area contributed by atoms with Gasteiger partial charge >= 0.3 is 12.7 Å². The maximum atomic E-state index is 13.0. The number of aromatic nitrogens is 3. The molecule has 1 aliphatic heterocycles. The van der Waals surface area contributed by atoms with Crippen LogP contribution in [0.5, 0.6) is 5.75 Å². The van der Waals surface area contributed by atoms with Gasteiger partial charge in [0.25, 0.3) is 5.91 Å². The summed E-state index contributed by atoms with van der Waals surface area (Å²) in [4.78, 5) is 41.3. The Morgan fingerprint density at radius 3 is 2.16 bits per heavy atom. The first-order chi connectivity index (χ1) is 18.1. The summed E-state index contributed by atoms with van der Waals surface area (Å²) in [7, 11) is 0. The van der Waals surface area contributed by atoms with E-state index in [0.29, 0.717) is 48.9 Å². The Bertz CT molecular complexity index is 1260. The Morgan fingerprint density at radius 2 is 1.55 bits per heavy atom. The molecule has 0 spiro atoms. The van der Waals surface area contributed by atoms with Crippen molar-refractivity contribution < 1.29 is 27.8 Å². The minimum Gasteiger partial charge on any atom is -0.444 e. The smallest absolute Gasteiger partial charge is 0.410 e. The number of carbonyl (C=O) groups is 2. The van der Waals surface area contributed by atoms with E-state index in [0.717, 1.165) is 5.56 Å². The van der Waals surface area contributed by atoms with Crippen LogP contribution in [-0.4, -0.2) is 75.1 Å². The van der Waals surface area contributed by atoms with Crippen molar-refractivity contribution in [1.82, 2.24) is 24.8 Å². The van der Waals surface area contributed by atoms with Crippen molar-refractivity contribution in [3.8, 4) is 16.9 Å². The van der Waals surface area contributed by atoms with Gasteiger partial charge in [-0.2, -0.15) is 8.78 Å². The van der Waals surface area contributed by atoms with Gasteiger partial charge in [-0.3, -0.25) is 9.78 Å². The molecule has 2 aromatic heterocycles. The number of hydrogen-bond acceptors (Lipinski definition) is 8. The molecule has 1 saturated heterocycles. The summed E-state index contributed by atoms with van der Waals surface area (Å²) in [5.41, 5.74) is 1.77. The molecule has 38 heavy (non-hydrogen) atoms. The predicted molar refractivity (Wildman–Crippen MR) is 135 cm³/mol. The Labute approximate surface area is 218 Å². The highest BCUT2D eigenvalue weighted by Crippen LogP contribution is 2.23. The van der Waals surface area contributed by atoms with Crippen LogP contribution in [0.25, 0.3) is 11.1 Å². The number of halogens is 2. The molecule has 200 valence electrons. The lowest BCUT2D eigenvalue weighted by molar-refractivity contribution is -0.0498. The zero-order valence-corrected chi connectivity index (χ0v) is 21.2. The van der Waals surface area contributed by atoms with Crippen LogP contribution in [0.15, 0.2) is 55.1 Å². The van der Waals surface area contributed by atoms with E-state index in [9.17, 15) is 18.4 Å². The SMILES string of the molecule is CC(C)(C)OC(=O)N1CCN(C(=O)c2cncc(Nc3ncc(-c4ccc(OC(F)F)cc4)cn3)c2)CC1. The number of pyridine rings is 1. The van der Waals surface area contributed by atoms with Crippen molar-refractivity contribution in [3.05, 3.63) is 60.7 Å². The number of nitrogens with zero attached hydrogens (tertiary/aromatic N) is 5. The monoisotopic (exact) mass is 526 g/mol. The standard InChI is InChI=1S/C26H28F2N6O4/c1-26(2,3)38-25(36)34-10-8-33(9-11-34)22(35)18-12-20(16-29-13-18)32-24-30-14-19(15-31-24)17-4-6-21(7-5-17)37-23(27)28/h4-7,12-16,23H,8-11H2,1-3H3,(H,30,31,32). The molecule has 4 rings (SSSR count). The molecular formula is C26H28F2N6O4. The highest BCUT2D eigenvalue weighted by Gasteiger charge is 2.28. The lowest BCUT2D eigenvalue weighted by atomic mass is 10.1. The van der Waals surface area contributed by atoms with Crippen molar-refractivity contribution in [2.24, 2.45) is 0 Å². The molecule has 0 bridgehead atoms. The zero-order chi connectivity index (χ0) is 27.3. The third-order valence-electron chi connectivity index (χ3n) is 5.52. The molecule has 0 atom stereocenters. The van der Waals surface area contributed by atoms with Crippen LogP contribution in [0.2, 0.25) is 0 Å². The minimum atomic E-state index is -2.88. The van der Waals surface area contributed by atoms with Crippen LogP contribution < -0.4 is 10.1 Å². The third kappa shape index (κ3) is 7.11. The van der Waals surface area contributed by atoms with Crippen molar-refractivity contribution in [2.75, 3.05) is 31.5 Å². The summed E-state index contributed by atoms with van der Waals surface area (Å²) in [6, 6.07) is 7.82. The minimum absolute atomic E-state index is 0.0646. The molecule has 0 unspecified atom stereocenters. The average molecular weight is 527 g/mol. The Morgan fingerprint density at radius 1 is 0.921 bits per heavy atom. The van der Waals surface area contributed by atoms with Gasteiger partial charge in [-0.25, -0.2) is 14.8 Å².